The van der Waals surface area contributed by atoms with Crippen LogP contribution in [0.1, 0.15) is 28.8 Å². The zero-order chi connectivity index (χ0) is 24.7. The molecule has 2 aliphatic rings. The second-order valence-corrected chi connectivity index (χ2v) is 11.1. The highest BCUT2D eigenvalue weighted by molar-refractivity contribution is 7.89. The van der Waals surface area contributed by atoms with Gasteiger partial charge in [0.15, 0.2) is 0 Å². The molecule has 0 spiro atoms. The molecule has 5 rings (SSSR count). The number of sulfonamides is 1. The average Bonchev–Trinajstić information content (AvgIpc) is 3.33. The minimum Gasteiger partial charge on any atom is -0.493 e. The minimum absolute atomic E-state index is 0. The SMILES string of the molecule is CN(C)C1CCN(S(=O)(=O)c2ccc3ncc(C(N)=O)c(Nc4cccc5c4CCO5)c3c2)CC1.Cl. The monoisotopic (exact) mass is 531 g/mol. The summed E-state index contributed by atoms with van der Waals surface area (Å²) >= 11 is 0. The third-order valence-electron chi connectivity index (χ3n) is 6.90. The number of aromatic nitrogens is 1. The summed E-state index contributed by atoms with van der Waals surface area (Å²) in [5.74, 6) is 0.142. The van der Waals surface area contributed by atoms with Gasteiger partial charge in [-0.1, -0.05) is 6.07 Å². The quantitative estimate of drug-likeness (QED) is 0.501. The summed E-state index contributed by atoms with van der Waals surface area (Å²) in [5.41, 5.74) is 8.65. The molecule has 1 amide bonds. The van der Waals surface area contributed by atoms with E-state index in [-0.39, 0.29) is 22.9 Å². The molecule has 0 atom stereocenters. The van der Waals surface area contributed by atoms with E-state index in [9.17, 15) is 13.2 Å². The molecule has 2 aliphatic heterocycles. The number of nitrogens with one attached hydrogen (secondary N) is 1. The Hall–Kier alpha value is -2.92. The van der Waals surface area contributed by atoms with E-state index < -0.39 is 15.9 Å². The second-order valence-electron chi connectivity index (χ2n) is 9.19. The predicted octanol–water partition coefficient (Wildman–Crippen LogP) is 3.15. The van der Waals surface area contributed by atoms with E-state index in [1.54, 1.807) is 18.2 Å². The Kier molecular flexibility index (Phi) is 7.42. The highest BCUT2D eigenvalue weighted by Gasteiger charge is 2.30. The predicted molar refractivity (Wildman–Crippen MR) is 142 cm³/mol. The molecule has 0 radical (unpaired) electrons. The first-order valence-electron chi connectivity index (χ1n) is 11.7. The number of benzene rings is 2. The van der Waals surface area contributed by atoms with Crippen LogP contribution in [0, 0.1) is 0 Å². The van der Waals surface area contributed by atoms with Crippen LogP contribution < -0.4 is 15.8 Å². The number of halogens is 1. The zero-order valence-corrected chi connectivity index (χ0v) is 21.9. The standard InChI is InChI=1S/C25H29N5O4S.ClH/c1-29(2)16-8-11-30(12-9-16)35(32,33)17-6-7-21-19(14-17)24(20(15-27-21)25(26)31)28-22-4-3-5-23-18(22)10-13-34-23;/h3-7,14-16H,8-13H2,1-2H3,(H2,26,31)(H,27,28);1H. The maximum Gasteiger partial charge on any atom is 0.252 e. The van der Waals surface area contributed by atoms with Crippen molar-refractivity contribution in [1.29, 1.82) is 0 Å². The first kappa shape index (κ1) is 26.2. The molecule has 9 nitrogen and oxygen atoms in total. The lowest BCUT2D eigenvalue weighted by Gasteiger charge is -2.34. The average molecular weight is 532 g/mol. The van der Waals surface area contributed by atoms with Crippen LogP contribution in [0.25, 0.3) is 10.9 Å². The first-order valence-corrected chi connectivity index (χ1v) is 13.1. The summed E-state index contributed by atoms with van der Waals surface area (Å²) in [7, 11) is 0.324. The van der Waals surface area contributed by atoms with Gasteiger partial charge >= 0.3 is 0 Å². The third kappa shape index (κ3) is 4.73. The van der Waals surface area contributed by atoms with Crippen LogP contribution in [0.5, 0.6) is 5.75 Å². The lowest BCUT2D eigenvalue weighted by molar-refractivity contribution is 0.100. The third-order valence-corrected chi connectivity index (χ3v) is 8.79. The van der Waals surface area contributed by atoms with Crippen molar-refractivity contribution in [3.8, 4) is 5.75 Å². The van der Waals surface area contributed by atoms with Crippen LogP contribution in [0.3, 0.4) is 0 Å². The Morgan fingerprint density at radius 2 is 1.94 bits per heavy atom. The molecule has 3 heterocycles. The molecule has 0 aliphatic carbocycles. The largest absolute Gasteiger partial charge is 0.493 e. The molecule has 11 heteroatoms. The van der Waals surface area contributed by atoms with Crippen molar-refractivity contribution in [3.63, 3.8) is 0 Å². The Labute approximate surface area is 217 Å². The molecule has 36 heavy (non-hydrogen) atoms. The van der Waals surface area contributed by atoms with Crippen LogP contribution in [-0.4, -0.2) is 68.3 Å². The Balaban J connectivity index is 0.00000304. The number of primary amides is 1. The van der Waals surface area contributed by atoms with Crippen LogP contribution in [0.4, 0.5) is 11.4 Å². The van der Waals surface area contributed by atoms with Crippen molar-refractivity contribution in [2.75, 3.05) is 39.1 Å². The highest BCUT2D eigenvalue weighted by Crippen LogP contribution is 2.37. The van der Waals surface area contributed by atoms with E-state index in [1.165, 1.54) is 10.5 Å². The molecule has 0 saturated carbocycles. The van der Waals surface area contributed by atoms with Gasteiger partial charge in [-0.05, 0) is 57.3 Å². The molecule has 2 aromatic carbocycles. The topological polar surface area (TPSA) is 118 Å². The number of pyridine rings is 1. The van der Waals surface area contributed by atoms with Crippen molar-refractivity contribution in [2.45, 2.75) is 30.2 Å². The van der Waals surface area contributed by atoms with Crippen LogP contribution in [-0.2, 0) is 16.4 Å². The summed E-state index contributed by atoms with van der Waals surface area (Å²) in [5, 5.41) is 3.85. The van der Waals surface area contributed by atoms with Crippen molar-refractivity contribution < 1.29 is 17.9 Å². The summed E-state index contributed by atoms with van der Waals surface area (Å²) in [6.45, 7) is 1.51. The minimum atomic E-state index is -3.71. The summed E-state index contributed by atoms with van der Waals surface area (Å²) in [4.78, 5) is 19.0. The fourth-order valence-electron chi connectivity index (χ4n) is 4.88. The number of hydrogen-bond acceptors (Lipinski definition) is 7. The number of carbonyl (C=O) groups excluding carboxylic acids is 1. The summed E-state index contributed by atoms with van der Waals surface area (Å²) < 4.78 is 34.2. The molecule has 3 aromatic rings. The zero-order valence-electron chi connectivity index (χ0n) is 20.2. The molecule has 3 N–H and O–H groups in total. The van der Waals surface area contributed by atoms with Crippen LogP contribution in [0.2, 0.25) is 0 Å². The first-order chi connectivity index (χ1) is 16.8. The molecule has 1 aromatic heterocycles. The van der Waals surface area contributed by atoms with Gasteiger partial charge in [-0.3, -0.25) is 9.78 Å². The summed E-state index contributed by atoms with van der Waals surface area (Å²) in [6, 6.07) is 10.9. The maximum atomic E-state index is 13.5. The molecule has 1 fully saturated rings. The van der Waals surface area contributed by atoms with E-state index in [0.717, 1.165) is 36.3 Å². The lowest BCUT2D eigenvalue weighted by Crippen LogP contribution is -2.44. The van der Waals surface area contributed by atoms with Crippen molar-refractivity contribution >= 4 is 50.6 Å². The number of anilines is 2. The number of amides is 1. The Morgan fingerprint density at radius 1 is 1.19 bits per heavy atom. The van der Waals surface area contributed by atoms with Gasteiger partial charge in [0.1, 0.15) is 5.75 Å². The van der Waals surface area contributed by atoms with Crippen molar-refractivity contribution in [3.05, 3.63) is 53.7 Å². The second kappa shape index (κ2) is 10.2. The molecule has 192 valence electrons. The van der Waals surface area contributed by atoms with Gasteiger partial charge in [0.2, 0.25) is 10.0 Å². The molecular formula is C25H30ClN5O4S. The van der Waals surface area contributed by atoms with E-state index in [1.807, 2.05) is 32.3 Å². The fraction of sp³-hybridized carbons (Fsp3) is 0.360. The number of hydrogen-bond donors (Lipinski definition) is 2. The number of piperidine rings is 1. The number of fused-ring (bicyclic) bond motifs is 2. The van der Waals surface area contributed by atoms with E-state index in [0.29, 0.717) is 42.3 Å². The molecule has 0 bridgehead atoms. The highest BCUT2D eigenvalue weighted by atomic mass is 35.5. The van der Waals surface area contributed by atoms with Crippen LogP contribution in [0.15, 0.2) is 47.5 Å². The van der Waals surface area contributed by atoms with Gasteiger partial charge in [0.25, 0.3) is 5.91 Å². The van der Waals surface area contributed by atoms with Crippen molar-refractivity contribution in [1.82, 2.24) is 14.2 Å². The lowest BCUT2D eigenvalue weighted by atomic mass is 10.1. The van der Waals surface area contributed by atoms with E-state index in [4.69, 9.17) is 10.5 Å². The molecular weight excluding hydrogens is 502 g/mol. The van der Waals surface area contributed by atoms with Gasteiger partial charge in [0.05, 0.1) is 28.3 Å². The van der Waals surface area contributed by atoms with Gasteiger partial charge in [-0.2, -0.15) is 4.31 Å². The van der Waals surface area contributed by atoms with Gasteiger partial charge < -0.3 is 20.7 Å². The van der Waals surface area contributed by atoms with Gasteiger partial charge in [-0.25, -0.2) is 8.42 Å². The summed E-state index contributed by atoms with van der Waals surface area (Å²) in [6.07, 6.45) is 3.71. The normalized spacial score (nSPS) is 16.4. The number of rotatable bonds is 6. The maximum absolute atomic E-state index is 13.5. The number of nitrogens with two attached hydrogens (primary N) is 1. The number of carbonyl (C=O) groups is 1. The number of ether oxygens (including phenoxy) is 1. The van der Waals surface area contributed by atoms with Crippen LogP contribution >= 0.6 is 12.4 Å². The molecule has 1 saturated heterocycles. The fourth-order valence-corrected chi connectivity index (χ4v) is 6.37. The van der Waals surface area contributed by atoms with E-state index in [2.05, 4.69) is 15.2 Å². The number of nitrogens with zero attached hydrogens (tertiary/aromatic N) is 3. The van der Waals surface area contributed by atoms with Gasteiger partial charge in [-0.15, -0.1) is 12.4 Å². The smallest absolute Gasteiger partial charge is 0.252 e. The Morgan fingerprint density at radius 3 is 2.64 bits per heavy atom. The Bertz CT molecular complexity index is 1410. The van der Waals surface area contributed by atoms with E-state index >= 15 is 0 Å². The molecule has 0 unspecified atom stereocenters. The van der Waals surface area contributed by atoms with Crippen molar-refractivity contribution in [2.24, 2.45) is 5.73 Å². The van der Waals surface area contributed by atoms with Gasteiger partial charge in [0, 0.05) is 48.4 Å².